The lowest BCUT2D eigenvalue weighted by molar-refractivity contribution is 0.102. The Hall–Kier alpha value is -2.97. The van der Waals surface area contributed by atoms with Gasteiger partial charge in [0.15, 0.2) is 0 Å². The Balaban J connectivity index is 1.90. The standard InChI is InChI=1S/C23H26FN3O3S/c1-15-13-19(16(2)27(15)21-12-7-6-11-20(21)24)22(28)25-17-9-8-10-18(14-17)31(29,30)26-23(3,4)5/h6-14,26H,1-5H3,(H,25,28). The number of sulfonamides is 1. The van der Waals surface area contributed by atoms with Gasteiger partial charge in [-0.05, 0) is 71.0 Å². The SMILES string of the molecule is Cc1cc(C(=O)Nc2cccc(S(=O)(=O)NC(C)(C)C)c2)c(C)n1-c1ccccc1F. The van der Waals surface area contributed by atoms with Gasteiger partial charge in [-0.2, -0.15) is 0 Å². The van der Waals surface area contributed by atoms with Gasteiger partial charge in [0.2, 0.25) is 10.0 Å². The predicted molar refractivity (Wildman–Crippen MR) is 120 cm³/mol. The molecule has 3 rings (SSSR count). The number of aromatic nitrogens is 1. The fraction of sp³-hybridized carbons (Fsp3) is 0.261. The van der Waals surface area contributed by atoms with E-state index in [2.05, 4.69) is 10.0 Å². The fourth-order valence-electron chi connectivity index (χ4n) is 3.40. The molecular formula is C23H26FN3O3S. The molecule has 164 valence electrons. The monoisotopic (exact) mass is 443 g/mol. The van der Waals surface area contributed by atoms with Crippen molar-refractivity contribution in [3.05, 3.63) is 77.4 Å². The van der Waals surface area contributed by atoms with Crippen LogP contribution in [0.2, 0.25) is 0 Å². The average molecular weight is 444 g/mol. The number of aryl methyl sites for hydroxylation is 1. The van der Waals surface area contributed by atoms with Crippen molar-refractivity contribution in [2.24, 2.45) is 0 Å². The van der Waals surface area contributed by atoms with Crippen LogP contribution in [-0.4, -0.2) is 24.4 Å². The van der Waals surface area contributed by atoms with Gasteiger partial charge < -0.3 is 9.88 Å². The largest absolute Gasteiger partial charge is 0.322 e. The quantitative estimate of drug-likeness (QED) is 0.607. The summed E-state index contributed by atoms with van der Waals surface area (Å²) in [4.78, 5) is 13.0. The fourth-order valence-corrected chi connectivity index (χ4v) is 4.86. The Morgan fingerprint density at radius 3 is 2.32 bits per heavy atom. The summed E-state index contributed by atoms with van der Waals surface area (Å²) in [7, 11) is -3.74. The number of amides is 1. The molecule has 3 aromatic rings. The van der Waals surface area contributed by atoms with Crippen LogP contribution in [0, 0.1) is 19.7 Å². The molecule has 1 amide bonds. The van der Waals surface area contributed by atoms with Crippen LogP contribution in [0.5, 0.6) is 0 Å². The first-order chi connectivity index (χ1) is 14.4. The van der Waals surface area contributed by atoms with Gasteiger partial charge in [-0.15, -0.1) is 0 Å². The van der Waals surface area contributed by atoms with Gasteiger partial charge in [0.05, 0.1) is 16.1 Å². The summed E-state index contributed by atoms with van der Waals surface area (Å²) < 4.78 is 43.7. The van der Waals surface area contributed by atoms with Crippen molar-refractivity contribution in [1.82, 2.24) is 9.29 Å². The molecule has 31 heavy (non-hydrogen) atoms. The first-order valence-electron chi connectivity index (χ1n) is 9.78. The number of carbonyl (C=O) groups excluding carboxylic acids is 1. The maximum Gasteiger partial charge on any atom is 0.257 e. The zero-order valence-corrected chi connectivity index (χ0v) is 19.0. The minimum atomic E-state index is -3.74. The third kappa shape index (κ3) is 5.03. The van der Waals surface area contributed by atoms with Crippen LogP contribution in [0.25, 0.3) is 5.69 Å². The molecule has 0 fully saturated rings. The smallest absolute Gasteiger partial charge is 0.257 e. The minimum Gasteiger partial charge on any atom is -0.322 e. The number of halogens is 1. The minimum absolute atomic E-state index is 0.0528. The van der Waals surface area contributed by atoms with Gasteiger partial charge in [-0.25, -0.2) is 17.5 Å². The van der Waals surface area contributed by atoms with Crippen LogP contribution in [0.15, 0.2) is 59.5 Å². The highest BCUT2D eigenvalue weighted by molar-refractivity contribution is 7.89. The Morgan fingerprint density at radius 2 is 1.68 bits per heavy atom. The van der Waals surface area contributed by atoms with Crippen LogP contribution >= 0.6 is 0 Å². The number of hydrogen-bond donors (Lipinski definition) is 2. The summed E-state index contributed by atoms with van der Waals surface area (Å²) in [6.07, 6.45) is 0. The molecule has 0 bridgehead atoms. The predicted octanol–water partition coefficient (Wildman–Crippen LogP) is 4.56. The van der Waals surface area contributed by atoms with E-state index in [0.717, 1.165) is 0 Å². The number of para-hydroxylation sites is 1. The second kappa shape index (κ2) is 8.28. The Kier molecular flexibility index (Phi) is 6.07. The molecule has 0 atom stereocenters. The first-order valence-corrected chi connectivity index (χ1v) is 11.3. The van der Waals surface area contributed by atoms with Crippen LogP contribution in [0.1, 0.15) is 42.5 Å². The van der Waals surface area contributed by atoms with Crippen molar-refractivity contribution in [2.75, 3.05) is 5.32 Å². The number of carbonyl (C=O) groups is 1. The molecular weight excluding hydrogens is 417 g/mol. The molecule has 2 aromatic carbocycles. The van der Waals surface area contributed by atoms with E-state index in [1.165, 1.54) is 18.2 Å². The lowest BCUT2D eigenvalue weighted by Crippen LogP contribution is -2.40. The van der Waals surface area contributed by atoms with Gasteiger partial charge in [-0.3, -0.25) is 4.79 Å². The molecule has 1 heterocycles. The molecule has 0 aliphatic heterocycles. The van der Waals surface area contributed by atoms with Crippen LogP contribution in [0.4, 0.5) is 10.1 Å². The Morgan fingerprint density at radius 1 is 1.00 bits per heavy atom. The number of nitrogens with one attached hydrogen (secondary N) is 2. The van der Waals surface area contributed by atoms with Gasteiger partial charge in [0.1, 0.15) is 5.82 Å². The van der Waals surface area contributed by atoms with E-state index >= 15 is 0 Å². The van der Waals surface area contributed by atoms with E-state index in [1.54, 1.807) is 75.6 Å². The zero-order chi connectivity index (χ0) is 23.0. The summed E-state index contributed by atoms with van der Waals surface area (Å²) in [6, 6.07) is 14.1. The first kappa shape index (κ1) is 22.7. The zero-order valence-electron chi connectivity index (χ0n) is 18.2. The van der Waals surface area contributed by atoms with E-state index in [4.69, 9.17) is 0 Å². The maximum atomic E-state index is 14.3. The van der Waals surface area contributed by atoms with Crippen molar-refractivity contribution in [2.45, 2.75) is 45.1 Å². The summed E-state index contributed by atoms with van der Waals surface area (Å²) in [6.45, 7) is 8.79. The molecule has 0 radical (unpaired) electrons. The highest BCUT2D eigenvalue weighted by Gasteiger charge is 2.23. The number of benzene rings is 2. The van der Waals surface area contributed by atoms with Crippen molar-refractivity contribution >= 4 is 21.6 Å². The summed E-state index contributed by atoms with van der Waals surface area (Å²) in [5.74, 6) is -0.797. The normalized spacial score (nSPS) is 12.1. The van der Waals surface area contributed by atoms with Crippen molar-refractivity contribution in [3.63, 3.8) is 0 Å². The summed E-state index contributed by atoms with van der Waals surface area (Å²) in [5, 5.41) is 2.74. The van der Waals surface area contributed by atoms with Gasteiger partial charge in [0.25, 0.3) is 5.91 Å². The third-order valence-electron chi connectivity index (χ3n) is 4.61. The van der Waals surface area contributed by atoms with E-state index in [-0.39, 0.29) is 10.7 Å². The highest BCUT2D eigenvalue weighted by Crippen LogP contribution is 2.24. The van der Waals surface area contributed by atoms with Gasteiger partial charge >= 0.3 is 0 Å². The number of nitrogens with zero attached hydrogens (tertiary/aromatic N) is 1. The lowest BCUT2D eigenvalue weighted by Gasteiger charge is -2.20. The molecule has 0 unspecified atom stereocenters. The molecule has 2 N–H and O–H groups in total. The van der Waals surface area contributed by atoms with Gasteiger partial charge in [-0.1, -0.05) is 18.2 Å². The number of rotatable bonds is 5. The van der Waals surface area contributed by atoms with Crippen LogP contribution < -0.4 is 10.0 Å². The molecule has 0 saturated carbocycles. The number of hydrogen-bond acceptors (Lipinski definition) is 3. The van der Waals surface area contributed by atoms with Crippen molar-refractivity contribution < 1.29 is 17.6 Å². The maximum absolute atomic E-state index is 14.3. The third-order valence-corrected chi connectivity index (χ3v) is 6.37. The average Bonchev–Trinajstić information content (AvgIpc) is 2.95. The molecule has 0 aliphatic rings. The van der Waals surface area contributed by atoms with E-state index in [0.29, 0.717) is 28.3 Å². The Labute approximate surface area is 182 Å². The second-order valence-electron chi connectivity index (χ2n) is 8.41. The molecule has 0 aliphatic carbocycles. The lowest BCUT2D eigenvalue weighted by atomic mass is 10.1. The highest BCUT2D eigenvalue weighted by atomic mass is 32.2. The van der Waals surface area contributed by atoms with E-state index < -0.39 is 21.5 Å². The molecule has 8 heteroatoms. The van der Waals surface area contributed by atoms with Gasteiger partial charge in [0, 0.05) is 22.6 Å². The molecule has 1 aromatic heterocycles. The van der Waals surface area contributed by atoms with Crippen LogP contribution in [0.3, 0.4) is 0 Å². The van der Waals surface area contributed by atoms with E-state index in [1.807, 2.05) is 0 Å². The van der Waals surface area contributed by atoms with Crippen molar-refractivity contribution in [3.8, 4) is 5.69 Å². The topological polar surface area (TPSA) is 80.2 Å². The Bertz CT molecular complexity index is 1240. The van der Waals surface area contributed by atoms with Crippen LogP contribution in [-0.2, 0) is 10.0 Å². The molecule has 6 nitrogen and oxygen atoms in total. The van der Waals surface area contributed by atoms with E-state index in [9.17, 15) is 17.6 Å². The molecule has 0 saturated heterocycles. The summed E-state index contributed by atoms with van der Waals surface area (Å²) in [5.41, 5.74) is 1.73. The number of anilines is 1. The van der Waals surface area contributed by atoms with Crippen molar-refractivity contribution in [1.29, 1.82) is 0 Å². The second-order valence-corrected chi connectivity index (χ2v) is 10.1. The molecule has 0 spiro atoms. The summed E-state index contributed by atoms with van der Waals surface area (Å²) >= 11 is 0.